The Labute approximate surface area is 156 Å². The van der Waals surface area contributed by atoms with Gasteiger partial charge in [0.15, 0.2) is 0 Å². The summed E-state index contributed by atoms with van der Waals surface area (Å²) in [6.07, 6.45) is 1.37. The summed E-state index contributed by atoms with van der Waals surface area (Å²) in [6.45, 7) is 12.8. The van der Waals surface area contributed by atoms with Gasteiger partial charge in [0.2, 0.25) is 5.91 Å². The van der Waals surface area contributed by atoms with Gasteiger partial charge in [0.05, 0.1) is 0 Å². The number of nitrogens with zero attached hydrogens (tertiary/aromatic N) is 1. The smallest absolute Gasteiger partial charge is 0.407 e. The van der Waals surface area contributed by atoms with Crippen LogP contribution in [-0.4, -0.2) is 41.6 Å². The maximum absolute atomic E-state index is 12.6. The molecule has 0 aromatic carbocycles. The number of alkyl carbamates (subject to hydrolysis) is 1. The largest absolute Gasteiger partial charge is 0.466 e. The van der Waals surface area contributed by atoms with Crippen LogP contribution in [0.3, 0.4) is 0 Å². The average Bonchev–Trinajstić information content (AvgIpc) is 2.90. The average molecular weight is 364 g/mol. The van der Waals surface area contributed by atoms with Gasteiger partial charge < -0.3 is 19.4 Å². The Morgan fingerprint density at radius 2 is 2.04 bits per heavy atom. The van der Waals surface area contributed by atoms with Gasteiger partial charge in [-0.15, -0.1) is 0 Å². The van der Waals surface area contributed by atoms with Crippen molar-refractivity contribution < 1.29 is 18.7 Å². The summed E-state index contributed by atoms with van der Waals surface area (Å²) in [7, 11) is 0. The fourth-order valence-corrected chi connectivity index (χ4v) is 3.29. The summed E-state index contributed by atoms with van der Waals surface area (Å²) < 4.78 is 10.9. The van der Waals surface area contributed by atoms with E-state index in [2.05, 4.69) is 19.2 Å². The molecule has 0 spiro atoms. The third-order valence-electron chi connectivity index (χ3n) is 4.65. The number of carbonyl (C=O) groups excluding carboxylic acids is 2. The Kier molecular flexibility index (Phi) is 6.04. The number of hydrogen-bond acceptors (Lipinski definition) is 4. The van der Waals surface area contributed by atoms with E-state index in [-0.39, 0.29) is 17.4 Å². The zero-order chi connectivity index (χ0) is 19.5. The Balaban J connectivity index is 1.86. The molecule has 146 valence electrons. The molecule has 1 aliphatic heterocycles. The molecule has 1 aliphatic rings. The highest BCUT2D eigenvalue weighted by molar-refractivity contribution is 5.76. The number of hydrogen-bond donors (Lipinski definition) is 1. The molecule has 1 atom stereocenters. The molecule has 2 heterocycles. The number of carbonyl (C=O) groups is 2. The number of aryl methyl sites for hydroxylation is 2. The van der Waals surface area contributed by atoms with Crippen LogP contribution in [0.5, 0.6) is 0 Å². The van der Waals surface area contributed by atoms with Gasteiger partial charge in [-0.2, -0.15) is 0 Å². The molecule has 0 radical (unpaired) electrons. The fraction of sp³-hybridized carbons (Fsp3) is 0.700. The first-order chi connectivity index (χ1) is 12.0. The van der Waals surface area contributed by atoms with Gasteiger partial charge in [-0.05, 0) is 46.2 Å². The van der Waals surface area contributed by atoms with Crippen molar-refractivity contribution >= 4 is 12.0 Å². The molecule has 1 aromatic heterocycles. The van der Waals surface area contributed by atoms with Crippen molar-refractivity contribution in [3.63, 3.8) is 0 Å². The van der Waals surface area contributed by atoms with E-state index in [1.54, 1.807) is 0 Å². The molecule has 1 N–H and O–H groups in total. The summed E-state index contributed by atoms with van der Waals surface area (Å²) in [5.74, 6) is 1.84. The van der Waals surface area contributed by atoms with Crippen molar-refractivity contribution in [3.8, 4) is 0 Å². The van der Waals surface area contributed by atoms with E-state index < -0.39 is 11.7 Å². The van der Waals surface area contributed by atoms with E-state index in [9.17, 15) is 9.59 Å². The van der Waals surface area contributed by atoms with Gasteiger partial charge in [-0.1, -0.05) is 13.8 Å². The number of rotatable bonds is 4. The van der Waals surface area contributed by atoms with Gasteiger partial charge in [0.25, 0.3) is 0 Å². The molecule has 0 bridgehead atoms. The summed E-state index contributed by atoms with van der Waals surface area (Å²) in [5.41, 5.74) is -0.735. The van der Waals surface area contributed by atoms with Gasteiger partial charge in [-0.3, -0.25) is 4.79 Å². The van der Waals surface area contributed by atoms with Crippen LogP contribution in [0.15, 0.2) is 16.5 Å². The molecule has 1 aromatic rings. The third kappa shape index (κ3) is 5.78. The Hall–Kier alpha value is -1.98. The molecule has 1 saturated heterocycles. The van der Waals surface area contributed by atoms with Gasteiger partial charge in [-0.25, -0.2) is 4.79 Å². The molecular weight excluding hydrogens is 332 g/mol. The van der Waals surface area contributed by atoms with E-state index in [1.807, 2.05) is 44.7 Å². The van der Waals surface area contributed by atoms with Crippen LogP contribution < -0.4 is 5.32 Å². The lowest BCUT2D eigenvalue weighted by Crippen LogP contribution is -2.57. The van der Waals surface area contributed by atoms with Crippen molar-refractivity contribution in [2.75, 3.05) is 13.1 Å². The number of furan rings is 1. The van der Waals surface area contributed by atoms with Crippen molar-refractivity contribution in [2.45, 2.75) is 72.4 Å². The van der Waals surface area contributed by atoms with Crippen molar-refractivity contribution in [3.05, 3.63) is 23.7 Å². The molecule has 1 unspecified atom stereocenters. The summed E-state index contributed by atoms with van der Waals surface area (Å²) in [6, 6.07) is 3.81. The molecular formula is C20H32N2O4. The highest BCUT2D eigenvalue weighted by Crippen LogP contribution is 2.30. The zero-order valence-corrected chi connectivity index (χ0v) is 16.8. The van der Waals surface area contributed by atoms with Crippen LogP contribution in [-0.2, 0) is 16.0 Å². The quantitative estimate of drug-likeness (QED) is 0.885. The Bertz CT molecular complexity index is 642. The standard InChI is InChI=1S/C20H32N2O4/c1-14-7-8-15(25-14)9-10-17(23)22-12-11-16(20(5,6)13-22)21-18(24)26-19(2,3)4/h7-8,16H,9-13H2,1-6H3,(H,21,24). The molecule has 26 heavy (non-hydrogen) atoms. The number of piperidine rings is 1. The molecule has 0 saturated carbocycles. The Morgan fingerprint density at radius 1 is 1.35 bits per heavy atom. The second-order valence-corrected chi connectivity index (χ2v) is 8.80. The lowest BCUT2D eigenvalue weighted by molar-refractivity contribution is -0.134. The number of likely N-dealkylation sites (tertiary alicyclic amines) is 1. The van der Waals surface area contributed by atoms with Crippen molar-refractivity contribution in [2.24, 2.45) is 5.41 Å². The van der Waals surface area contributed by atoms with E-state index in [4.69, 9.17) is 9.15 Å². The predicted octanol–water partition coefficient (Wildman–Crippen LogP) is 3.67. The first-order valence-corrected chi connectivity index (χ1v) is 9.29. The second-order valence-electron chi connectivity index (χ2n) is 8.80. The maximum Gasteiger partial charge on any atom is 0.407 e. The van der Waals surface area contributed by atoms with Gasteiger partial charge >= 0.3 is 6.09 Å². The molecule has 6 nitrogen and oxygen atoms in total. The molecule has 2 amide bonds. The highest BCUT2D eigenvalue weighted by Gasteiger charge is 2.38. The third-order valence-corrected chi connectivity index (χ3v) is 4.65. The van der Waals surface area contributed by atoms with Crippen LogP contribution in [0.25, 0.3) is 0 Å². The van der Waals surface area contributed by atoms with Crippen molar-refractivity contribution in [1.82, 2.24) is 10.2 Å². The molecule has 0 aliphatic carbocycles. The SMILES string of the molecule is Cc1ccc(CCC(=O)N2CCC(NC(=O)OC(C)(C)C)C(C)(C)C2)o1. The summed E-state index contributed by atoms with van der Waals surface area (Å²) >= 11 is 0. The Morgan fingerprint density at radius 3 is 2.58 bits per heavy atom. The topological polar surface area (TPSA) is 71.8 Å². The number of ether oxygens (including phenoxy) is 1. The fourth-order valence-electron chi connectivity index (χ4n) is 3.29. The molecule has 2 rings (SSSR count). The van der Waals surface area contributed by atoms with Crippen LogP contribution in [0.4, 0.5) is 4.79 Å². The zero-order valence-electron chi connectivity index (χ0n) is 16.8. The lowest BCUT2D eigenvalue weighted by Gasteiger charge is -2.44. The van der Waals surface area contributed by atoms with Crippen LogP contribution >= 0.6 is 0 Å². The van der Waals surface area contributed by atoms with Gasteiger partial charge in [0, 0.05) is 37.4 Å². The van der Waals surface area contributed by atoms with Crippen LogP contribution in [0.2, 0.25) is 0 Å². The number of nitrogens with one attached hydrogen (secondary N) is 1. The minimum atomic E-state index is -0.519. The van der Waals surface area contributed by atoms with Crippen molar-refractivity contribution in [1.29, 1.82) is 0 Å². The van der Waals surface area contributed by atoms with E-state index in [1.165, 1.54) is 0 Å². The van der Waals surface area contributed by atoms with Gasteiger partial charge in [0.1, 0.15) is 17.1 Å². The summed E-state index contributed by atoms with van der Waals surface area (Å²) in [4.78, 5) is 26.5. The van der Waals surface area contributed by atoms with E-state index in [0.717, 1.165) is 17.9 Å². The normalized spacial score (nSPS) is 19.9. The van der Waals surface area contributed by atoms with E-state index in [0.29, 0.717) is 25.9 Å². The minimum Gasteiger partial charge on any atom is -0.466 e. The second kappa shape index (κ2) is 7.72. The summed E-state index contributed by atoms with van der Waals surface area (Å²) in [5, 5.41) is 2.97. The first-order valence-electron chi connectivity index (χ1n) is 9.29. The monoisotopic (exact) mass is 364 g/mol. The highest BCUT2D eigenvalue weighted by atomic mass is 16.6. The maximum atomic E-state index is 12.6. The molecule has 6 heteroatoms. The lowest BCUT2D eigenvalue weighted by atomic mass is 9.79. The van der Waals surface area contributed by atoms with Crippen LogP contribution in [0, 0.1) is 12.3 Å². The van der Waals surface area contributed by atoms with E-state index >= 15 is 0 Å². The first kappa shape index (κ1) is 20.3. The predicted molar refractivity (Wildman–Crippen MR) is 99.9 cm³/mol. The molecule has 1 fully saturated rings. The number of amides is 2. The van der Waals surface area contributed by atoms with Crippen LogP contribution in [0.1, 0.15) is 59.0 Å². The minimum absolute atomic E-state index is 0.0193.